The van der Waals surface area contributed by atoms with Crippen molar-refractivity contribution in [3.63, 3.8) is 0 Å². The van der Waals surface area contributed by atoms with Crippen LogP contribution in [-0.4, -0.2) is 34.3 Å². The molecule has 0 amide bonds. The summed E-state index contributed by atoms with van der Waals surface area (Å²) in [6, 6.07) is 18.0. The van der Waals surface area contributed by atoms with Crippen LogP contribution in [0.15, 0.2) is 60.8 Å². The van der Waals surface area contributed by atoms with Gasteiger partial charge in [-0.3, -0.25) is 4.68 Å². The van der Waals surface area contributed by atoms with Crippen LogP contribution < -0.4 is 4.74 Å². The standard InChI is InChI=1S/C23H26ClN3O/c24-21-11-7-10-20(16-21)22-17-27(15-14-26-12-5-2-6-13-26)25-23(22)28-18-19-8-3-1-4-9-19/h1,3-4,7-11,16-17H,2,5-6,12-15,18H2. The van der Waals surface area contributed by atoms with Crippen LogP contribution in [0.25, 0.3) is 11.1 Å². The number of aromatic nitrogens is 2. The number of likely N-dealkylation sites (tertiary alicyclic amines) is 1. The van der Waals surface area contributed by atoms with Crippen LogP contribution in [0, 0.1) is 0 Å². The Kier molecular flexibility index (Phi) is 6.30. The molecule has 146 valence electrons. The summed E-state index contributed by atoms with van der Waals surface area (Å²) < 4.78 is 8.11. The van der Waals surface area contributed by atoms with Gasteiger partial charge in [0.25, 0.3) is 0 Å². The van der Waals surface area contributed by atoms with E-state index in [1.165, 1.54) is 32.4 Å². The zero-order valence-corrected chi connectivity index (χ0v) is 16.8. The average molecular weight is 396 g/mol. The smallest absolute Gasteiger partial charge is 0.241 e. The van der Waals surface area contributed by atoms with Gasteiger partial charge in [-0.05, 0) is 49.2 Å². The number of rotatable bonds is 7. The Morgan fingerprint density at radius 3 is 2.54 bits per heavy atom. The monoisotopic (exact) mass is 395 g/mol. The van der Waals surface area contributed by atoms with Crippen molar-refractivity contribution in [2.75, 3.05) is 19.6 Å². The molecular weight excluding hydrogens is 370 g/mol. The van der Waals surface area contributed by atoms with Gasteiger partial charge in [-0.25, -0.2) is 0 Å². The maximum Gasteiger partial charge on any atom is 0.241 e. The average Bonchev–Trinajstić information content (AvgIpc) is 3.15. The molecule has 1 aliphatic heterocycles. The first-order valence-electron chi connectivity index (χ1n) is 10.0. The van der Waals surface area contributed by atoms with Gasteiger partial charge in [-0.15, -0.1) is 5.10 Å². The molecule has 5 heteroatoms. The molecule has 4 nitrogen and oxygen atoms in total. The van der Waals surface area contributed by atoms with Crippen molar-refractivity contribution in [1.82, 2.24) is 14.7 Å². The quantitative estimate of drug-likeness (QED) is 0.546. The summed E-state index contributed by atoms with van der Waals surface area (Å²) in [6.07, 6.45) is 6.04. The Hall–Kier alpha value is -2.30. The van der Waals surface area contributed by atoms with E-state index in [2.05, 4.69) is 23.2 Å². The zero-order chi connectivity index (χ0) is 19.2. The van der Waals surface area contributed by atoms with Gasteiger partial charge >= 0.3 is 0 Å². The van der Waals surface area contributed by atoms with Crippen molar-refractivity contribution in [3.8, 4) is 17.0 Å². The van der Waals surface area contributed by atoms with Crippen LogP contribution in [0.5, 0.6) is 5.88 Å². The summed E-state index contributed by atoms with van der Waals surface area (Å²) in [5.41, 5.74) is 3.14. The third-order valence-corrected chi connectivity index (χ3v) is 5.41. The normalized spacial score (nSPS) is 14.9. The molecule has 0 atom stereocenters. The van der Waals surface area contributed by atoms with Crippen molar-refractivity contribution in [3.05, 3.63) is 71.4 Å². The molecule has 1 saturated heterocycles. The first-order valence-corrected chi connectivity index (χ1v) is 10.4. The molecule has 0 spiro atoms. The fourth-order valence-electron chi connectivity index (χ4n) is 3.63. The topological polar surface area (TPSA) is 30.3 Å². The summed E-state index contributed by atoms with van der Waals surface area (Å²) in [4.78, 5) is 2.52. The lowest BCUT2D eigenvalue weighted by Crippen LogP contribution is -2.32. The summed E-state index contributed by atoms with van der Waals surface area (Å²) in [5, 5.41) is 5.46. The molecule has 1 aliphatic rings. The highest BCUT2D eigenvalue weighted by molar-refractivity contribution is 6.30. The molecule has 28 heavy (non-hydrogen) atoms. The minimum absolute atomic E-state index is 0.498. The van der Waals surface area contributed by atoms with Gasteiger partial charge in [0.15, 0.2) is 0 Å². The van der Waals surface area contributed by atoms with E-state index in [-0.39, 0.29) is 0 Å². The van der Waals surface area contributed by atoms with Crippen LogP contribution in [0.4, 0.5) is 0 Å². The maximum absolute atomic E-state index is 6.21. The third kappa shape index (κ3) is 4.94. The Morgan fingerprint density at radius 1 is 0.929 bits per heavy atom. The molecule has 0 N–H and O–H groups in total. The first kappa shape index (κ1) is 19.0. The molecule has 0 radical (unpaired) electrons. The predicted octanol–water partition coefficient (Wildman–Crippen LogP) is 5.27. The van der Waals surface area contributed by atoms with Gasteiger partial charge in [0.2, 0.25) is 5.88 Å². The second-order valence-electron chi connectivity index (χ2n) is 7.30. The van der Waals surface area contributed by atoms with E-state index in [9.17, 15) is 0 Å². The van der Waals surface area contributed by atoms with Crippen molar-refractivity contribution in [2.24, 2.45) is 0 Å². The number of hydrogen-bond acceptors (Lipinski definition) is 3. The molecule has 0 bridgehead atoms. The molecule has 0 saturated carbocycles. The van der Waals surface area contributed by atoms with E-state index in [1.54, 1.807) is 0 Å². The van der Waals surface area contributed by atoms with E-state index in [1.807, 2.05) is 47.1 Å². The van der Waals surface area contributed by atoms with Crippen molar-refractivity contribution in [1.29, 1.82) is 0 Å². The molecule has 3 aromatic rings. The van der Waals surface area contributed by atoms with Gasteiger partial charge in [0.1, 0.15) is 6.61 Å². The highest BCUT2D eigenvalue weighted by atomic mass is 35.5. The van der Waals surface area contributed by atoms with Crippen molar-refractivity contribution >= 4 is 11.6 Å². The van der Waals surface area contributed by atoms with E-state index in [4.69, 9.17) is 21.4 Å². The van der Waals surface area contributed by atoms with Crippen LogP contribution in [0.3, 0.4) is 0 Å². The molecular formula is C23H26ClN3O. The highest BCUT2D eigenvalue weighted by Crippen LogP contribution is 2.31. The number of nitrogens with zero attached hydrogens (tertiary/aromatic N) is 3. The number of piperidine rings is 1. The van der Waals surface area contributed by atoms with Crippen LogP contribution in [0.2, 0.25) is 5.02 Å². The predicted molar refractivity (Wildman–Crippen MR) is 114 cm³/mol. The lowest BCUT2D eigenvalue weighted by molar-refractivity contribution is 0.216. The number of ether oxygens (including phenoxy) is 1. The second-order valence-corrected chi connectivity index (χ2v) is 7.73. The maximum atomic E-state index is 6.21. The molecule has 2 heterocycles. The molecule has 0 unspecified atom stereocenters. The van der Waals surface area contributed by atoms with E-state index < -0.39 is 0 Å². The van der Waals surface area contributed by atoms with Gasteiger partial charge in [-0.2, -0.15) is 0 Å². The lowest BCUT2D eigenvalue weighted by Gasteiger charge is -2.26. The van der Waals surface area contributed by atoms with E-state index in [0.29, 0.717) is 17.5 Å². The second kappa shape index (κ2) is 9.26. The lowest BCUT2D eigenvalue weighted by atomic mass is 10.1. The van der Waals surface area contributed by atoms with E-state index in [0.717, 1.165) is 29.8 Å². The minimum Gasteiger partial charge on any atom is -0.471 e. The van der Waals surface area contributed by atoms with E-state index >= 15 is 0 Å². The fourth-order valence-corrected chi connectivity index (χ4v) is 3.82. The zero-order valence-electron chi connectivity index (χ0n) is 16.1. The SMILES string of the molecule is Clc1cccc(-c2cn(CCN3CCCCC3)nc2OCc2ccccc2)c1. The van der Waals surface area contributed by atoms with Crippen molar-refractivity contribution < 1.29 is 4.74 Å². The number of halogens is 1. The minimum atomic E-state index is 0.498. The first-order chi connectivity index (χ1) is 13.8. The highest BCUT2D eigenvalue weighted by Gasteiger charge is 2.15. The summed E-state index contributed by atoms with van der Waals surface area (Å²) in [6.45, 7) is 4.77. The van der Waals surface area contributed by atoms with Gasteiger partial charge < -0.3 is 9.64 Å². The molecule has 2 aromatic carbocycles. The summed E-state index contributed by atoms with van der Waals surface area (Å²) in [7, 11) is 0. The molecule has 0 aliphatic carbocycles. The Labute approximate surface area is 171 Å². The Bertz CT molecular complexity index is 888. The third-order valence-electron chi connectivity index (χ3n) is 5.18. The van der Waals surface area contributed by atoms with Crippen LogP contribution >= 0.6 is 11.6 Å². The van der Waals surface area contributed by atoms with Crippen molar-refractivity contribution in [2.45, 2.75) is 32.4 Å². The molecule has 1 aromatic heterocycles. The summed E-state index contributed by atoms with van der Waals surface area (Å²) in [5.74, 6) is 0.657. The number of hydrogen-bond donors (Lipinski definition) is 0. The molecule has 4 rings (SSSR count). The van der Waals surface area contributed by atoms with Gasteiger partial charge in [-0.1, -0.05) is 60.5 Å². The molecule has 1 fully saturated rings. The fraction of sp³-hybridized carbons (Fsp3) is 0.348. The van der Waals surface area contributed by atoms with Crippen LogP contribution in [0.1, 0.15) is 24.8 Å². The Morgan fingerprint density at radius 2 is 1.75 bits per heavy atom. The van der Waals surface area contributed by atoms with Gasteiger partial charge in [0, 0.05) is 17.8 Å². The summed E-state index contributed by atoms with van der Waals surface area (Å²) >= 11 is 6.21. The van der Waals surface area contributed by atoms with Crippen LogP contribution in [-0.2, 0) is 13.2 Å². The Balaban J connectivity index is 1.52. The van der Waals surface area contributed by atoms with Gasteiger partial charge in [0.05, 0.1) is 12.1 Å². The largest absolute Gasteiger partial charge is 0.471 e. The number of benzene rings is 2.